The van der Waals surface area contributed by atoms with Crippen LogP contribution in [0.15, 0.2) is 48.5 Å². The molecule has 0 amide bonds. The minimum Gasteiger partial charge on any atom is -0.466 e. The van der Waals surface area contributed by atoms with Crippen LogP contribution in [-0.2, 0) is 28.8 Å². The highest BCUT2D eigenvalue weighted by molar-refractivity contribution is 6.42. The van der Waals surface area contributed by atoms with Crippen molar-refractivity contribution in [2.24, 2.45) is 0 Å². The highest BCUT2D eigenvalue weighted by atomic mass is 35.5. The summed E-state index contributed by atoms with van der Waals surface area (Å²) in [6.07, 6.45) is 3.35. The van der Waals surface area contributed by atoms with Crippen LogP contribution in [0.1, 0.15) is 30.2 Å². The molecule has 0 aliphatic heterocycles. The topological polar surface area (TPSA) is 51.2 Å². The number of ether oxygens (including phenoxy) is 1. The van der Waals surface area contributed by atoms with Crippen molar-refractivity contribution >= 4 is 40.5 Å². The lowest BCUT2D eigenvalue weighted by Crippen LogP contribution is -2.07. The Balaban J connectivity index is 1.60. The highest BCUT2D eigenvalue weighted by Gasteiger charge is 2.19. The van der Waals surface area contributed by atoms with Gasteiger partial charge in [-0.3, -0.25) is 9.78 Å². The summed E-state index contributed by atoms with van der Waals surface area (Å²) in [5.41, 5.74) is 7.13. The zero-order valence-electron chi connectivity index (χ0n) is 16.7. The molecule has 1 aliphatic carbocycles. The van der Waals surface area contributed by atoms with Crippen LogP contribution in [0.2, 0.25) is 10.0 Å². The first-order valence-electron chi connectivity index (χ1n) is 10.0. The van der Waals surface area contributed by atoms with E-state index in [0.717, 1.165) is 53.2 Å². The Bertz CT molecular complexity index is 1080. The van der Waals surface area contributed by atoms with Gasteiger partial charge < -0.3 is 10.1 Å². The fourth-order valence-corrected chi connectivity index (χ4v) is 4.00. The van der Waals surface area contributed by atoms with E-state index in [-0.39, 0.29) is 12.4 Å². The second-order valence-corrected chi connectivity index (χ2v) is 8.08. The maximum absolute atomic E-state index is 11.7. The number of carbonyl (C=O) groups is 1. The maximum atomic E-state index is 11.7. The summed E-state index contributed by atoms with van der Waals surface area (Å²) in [7, 11) is 0. The van der Waals surface area contributed by atoms with E-state index in [1.165, 1.54) is 5.56 Å². The summed E-state index contributed by atoms with van der Waals surface area (Å²) in [4.78, 5) is 16.5. The summed E-state index contributed by atoms with van der Waals surface area (Å²) in [6, 6.07) is 15.5. The number of halogens is 2. The second kappa shape index (κ2) is 9.07. The summed E-state index contributed by atoms with van der Waals surface area (Å²) in [5.74, 6) is -0.212. The molecule has 4 rings (SSSR count). The molecule has 2 aromatic carbocycles. The van der Waals surface area contributed by atoms with Crippen LogP contribution in [0.25, 0.3) is 11.3 Å². The number of benzene rings is 2. The molecule has 0 unspecified atom stereocenters. The van der Waals surface area contributed by atoms with Crippen molar-refractivity contribution in [2.45, 2.75) is 32.6 Å². The number of hydrogen-bond donors (Lipinski definition) is 1. The number of aromatic nitrogens is 1. The molecule has 0 atom stereocenters. The zero-order chi connectivity index (χ0) is 21.1. The third-order valence-electron chi connectivity index (χ3n) is 5.15. The molecule has 6 heteroatoms. The van der Waals surface area contributed by atoms with Crippen LogP contribution in [0, 0.1) is 0 Å². The van der Waals surface area contributed by atoms with Crippen molar-refractivity contribution in [3.63, 3.8) is 0 Å². The van der Waals surface area contributed by atoms with Crippen LogP contribution in [-0.4, -0.2) is 17.6 Å². The Morgan fingerprint density at radius 3 is 2.60 bits per heavy atom. The van der Waals surface area contributed by atoms with E-state index in [0.29, 0.717) is 16.7 Å². The van der Waals surface area contributed by atoms with Crippen LogP contribution in [0.4, 0.5) is 11.4 Å². The normalized spacial score (nSPS) is 12.5. The number of nitrogens with one attached hydrogen (secondary N) is 1. The lowest BCUT2D eigenvalue weighted by atomic mass is 10.1. The molecule has 1 heterocycles. The number of carbonyl (C=O) groups excluding carboxylic acids is 1. The predicted octanol–water partition coefficient (Wildman–Crippen LogP) is 6.39. The Labute approximate surface area is 186 Å². The number of nitrogens with zero attached hydrogens (tertiary/aromatic N) is 1. The average Bonchev–Trinajstić information content (AvgIpc) is 3.21. The van der Waals surface area contributed by atoms with E-state index in [1.807, 2.05) is 43.3 Å². The minimum atomic E-state index is -0.212. The fraction of sp³-hybridized carbons (Fsp3) is 0.250. The van der Waals surface area contributed by atoms with E-state index in [1.54, 1.807) is 6.07 Å². The Hall–Kier alpha value is -2.56. The first-order chi connectivity index (χ1) is 14.5. The molecule has 1 N–H and O–H groups in total. The molecule has 1 aromatic heterocycles. The number of hydrogen-bond acceptors (Lipinski definition) is 4. The third-order valence-corrected chi connectivity index (χ3v) is 5.89. The number of fused-ring (bicyclic) bond motifs is 1. The number of anilines is 2. The molecule has 0 saturated heterocycles. The second-order valence-electron chi connectivity index (χ2n) is 7.27. The standard InChI is InChI=1S/C24H22Cl2N2O2/c1-2-30-24(29)12-15-6-9-17(10-7-15)27-23-14-22(28-21-5-3-4-18(21)23)16-8-11-19(25)20(26)13-16/h6-11,13-14H,2-5,12H2,1H3,(H,27,28). The van der Waals surface area contributed by atoms with Gasteiger partial charge in [0, 0.05) is 22.6 Å². The van der Waals surface area contributed by atoms with Gasteiger partial charge in [0.15, 0.2) is 0 Å². The molecule has 4 nitrogen and oxygen atoms in total. The van der Waals surface area contributed by atoms with Crippen LogP contribution < -0.4 is 5.32 Å². The monoisotopic (exact) mass is 440 g/mol. The number of pyridine rings is 1. The Kier molecular flexibility index (Phi) is 6.26. The van der Waals surface area contributed by atoms with Gasteiger partial charge in [-0.25, -0.2) is 0 Å². The fourth-order valence-electron chi connectivity index (χ4n) is 3.70. The largest absolute Gasteiger partial charge is 0.466 e. The van der Waals surface area contributed by atoms with Gasteiger partial charge in [-0.15, -0.1) is 0 Å². The van der Waals surface area contributed by atoms with Crippen molar-refractivity contribution in [1.29, 1.82) is 0 Å². The molecule has 1 aliphatic rings. The van der Waals surface area contributed by atoms with Gasteiger partial charge in [0.2, 0.25) is 0 Å². The molecule has 0 spiro atoms. The van der Waals surface area contributed by atoms with Crippen molar-refractivity contribution in [2.75, 3.05) is 11.9 Å². The lowest BCUT2D eigenvalue weighted by Gasteiger charge is -2.14. The smallest absolute Gasteiger partial charge is 0.310 e. The first-order valence-corrected chi connectivity index (χ1v) is 10.8. The van der Waals surface area contributed by atoms with Gasteiger partial charge in [0.25, 0.3) is 0 Å². The number of esters is 1. The summed E-state index contributed by atoms with van der Waals surface area (Å²) < 4.78 is 5.01. The summed E-state index contributed by atoms with van der Waals surface area (Å²) in [6.45, 7) is 2.21. The van der Waals surface area contributed by atoms with Crippen molar-refractivity contribution < 1.29 is 9.53 Å². The summed E-state index contributed by atoms with van der Waals surface area (Å²) in [5, 5.41) is 4.58. The average molecular weight is 441 g/mol. The minimum absolute atomic E-state index is 0.212. The van der Waals surface area contributed by atoms with Crippen LogP contribution >= 0.6 is 23.2 Å². The van der Waals surface area contributed by atoms with E-state index in [2.05, 4.69) is 11.4 Å². The molecule has 0 radical (unpaired) electrons. The van der Waals surface area contributed by atoms with Gasteiger partial charge in [-0.2, -0.15) is 0 Å². The highest BCUT2D eigenvalue weighted by Crippen LogP contribution is 2.35. The van der Waals surface area contributed by atoms with E-state index in [4.69, 9.17) is 32.9 Å². The quantitative estimate of drug-likeness (QED) is 0.450. The maximum Gasteiger partial charge on any atom is 0.310 e. The van der Waals surface area contributed by atoms with Gasteiger partial charge in [0.1, 0.15) is 0 Å². The molecule has 154 valence electrons. The molecule has 0 saturated carbocycles. The van der Waals surface area contributed by atoms with Crippen LogP contribution in [0.3, 0.4) is 0 Å². The Morgan fingerprint density at radius 1 is 1.07 bits per heavy atom. The predicted molar refractivity (Wildman–Crippen MR) is 122 cm³/mol. The van der Waals surface area contributed by atoms with Gasteiger partial charge in [-0.05, 0) is 67.6 Å². The van der Waals surface area contributed by atoms with E-state index in [9.17, 15) is 4.79 Å². The Morgan fingerprint density at radius 2 is 1.87 bits per heavy atom. The van der Waals surface area contributed by atoms with Gasteiger partial charge >= 0.3 is 5.97 Å². The van der Waals surface area contributed by atoms with Crippen molar-refractivity contribution in [1.82, 2.24) is 4.98 Å². The van der Waals surface area contributed by atoms with Gasteiger partial charge in [-0.1, -0.05) is 41.4 Å². The molecular formula is C24H22Cl2N2O2. The molecule has 30 heavy (non-hydrogen) atoms. The summed E-state index contributed by atoms with van der Waals surface area (Å²) >= 11 is 12.3. The number of aryl methyl sites for hydroxylation is 1. The zero-order valence-corrected chi connectivity index (χ0v) is 18.2. The number of rotatable bonds is 6. The molecule has 3 aromatic rings. The molecule has 0 fully saturated rings. The van der Waals surface area contributed by atoms with Crippen molar-refractivity contribution in [3.05, 3.63) is 75.4 Å². The van der Waals surface area contributed by atoms with E-state index >= 15 is 0 Å². The van der Waals surface area contributed by atoms with Crippen molar-refractivity contribution in [3.8, 4) is 11.3 Å². The SMILES string of the molecule is CCOC(=O)Cc1ccc(Nc2cc(-c3ccc(Cl)c(Cl)c3)nc3c2CCC3)cc1. The van der Waals surface area contributed by atoms with Crippen LogP contribution in [0.5, 0.6) is 0 Å². The molecule has 0 bridgehead atoms. The third kappa shape index (κ3) is 4.61. The lowest BCUT2D eigenvalue weighted by molar-refractivity contribution is -0.142. The first kappa shape index (κ1) is 20.7. The molecular weight excluding hydrogens is 419 g/mol. The van der Waals surface area contributed by atoms with Gasteiger partial charge in [0.05, 0.1) is 28.8 Å². The van der Waals surface area contributed by atoms with E-state index < -0.39 is 0 Å².